The van der Waals surface area contributed by atoms with Gasteiger partial charge in [-0.25, -0.2) is 8.42 Å². The van der Waals surface area contributed by atoms with Crippen molar-refractivity contribution < 1.29 is 22.0 Å². The van der Waals surface area contributed by atoms with Crippen LogP contribution in [-0.4, -0.2) is 20.1 Å². The van der Waals surface area contributed by atoms with Crippen LogP contribution in [0.5, 0.6) is 0 Å². The quantitative estimate of drug-likeness (QED) is 0.943. The average Bonchev–Trinajstić information content (AvgIpc) is 2.93. The molecule has 0 aliphatic heterocycles. The Morgan fingerprint density at radius 2 is 1.80 bits per heavy atom. The average molecular weight is 317 g/mol. The van der Waals surface area contributed by atoms with E-state index in [-0.39, 0.29) is 5.91 Å². The zero-order valence-corrected chi connectivity index (χ0v) is 11.5. The molecule has 1 amide bonds. The highest BCUT2D eigenvalue weighted by Crippen LogP contribution is 2.20. The number of alkyl halides is 2. The Balaban J connectivity index is 2.15. The lowest BCUT2D eigenvalue weighted by molar-refractivity contribution is 0.102. The Morgan fingerprint density at radius 1 is 1.15 bits per heavy atom. The molecule has 2 aromatic rings. The van der Waals surface area contributed by atoms with Crippen molar-refractivity contribution in [1.82, 2.24) is 0 Å². The van der Waals surface area contributed by atoms with Crippen LogP contribution < -0.4 is 5.32 Å². The first-order valence-electron chi connectivity index (χ1n) is 5.37. The molecule has 1 heterocycles. The smallest absolute Gasteiger partial charge is 0.322 e. The maximum atomic E-state index is 12.3. The van der Waals surface area contributed by atoms with Gasteiger partial charge in [0, 0.05) is 11.1 Å². The number of nitrogens with one attached hydrogen (secondary N) is 1. The predicted octanol–water partition coefficient (Wildman–Crippen LogP) is 3.00. The van der Waals surface area contributed by atoms with Crippen LogP contribution >= 0.6 is 11.3 Å². The van der Waals surface area contributed by atoms with Crippen molar-refractivity contribution in [1.29, 1.82) is 0 Å². The van der Waals surface area contributed by atoms with Crippen molar-refractivity contribution in [2.24, 2.45) is 0 Å². The highest BCUT2D eigenvalue weighted by Gasteiger charge is 2.26. The molecule has 0 aliphatic rings. The molecule has 0 atom stereocenters. The highest BCUT2D eigenvalue weighted by molar-refractivity contribution is 7.91. The summed E-state index contributed by atoms with van der Waals surface area (Å²) >= 11 is 1.36. The van der Waals surface area contributed by atoms with Gasteiger partial charge >= 0.3 is 5.76 Å². The molecule has 0 bridgehead atoms. The van der Waals surface area contributed by atoms with Crippen molar-refractivity contribution in [3.8, 4) is 0 Å². The third-order valence-corrected chi connectivity index (χ3v) is 4.54. The molecule has 1 aromatic heterocycles. The van der Waals surface area contributed by atoms with E-state index in [2.05, 4.69) is 5.32 Å². The summed E-state index contributed by atoms with van der Waals surface area (Å²) in [5.74, 6) is -3.82. The summed E-state index contributed by atoms with van der Waals surface area (Å²) < 4.78 is 47.1. The zero-order valence-electron chi connectivity index (χ0n) is 9.92. The fourth-order valence-corrected chi connectivity index (χ4v) is 2.78. The molecule has 8 heteroatoms. The van der Waals surface area contributed by atoms with Crippen LogP contribution in [0, 0.1) is 0 Å². The number of sulfone groups is 1. The maximum absolute atomic E-state index is 12.3. The molecule has 0 saturated carbocycles. The number of anilines is 1. The van der Waals surface area contributed by atoms with E-state index in [0.717, 1.165) is 12.1 Å². The third kappa shape index (κ3) is 3.02. The second-order valence-electron chi connectivity index (χ2n) is 3.80. The largest absolute Gasteiger partial charge is 0.341 e. The van der Waals surface area contributed by atoms with Crippen LogP contribution in [0.4, 0.5) is 14.5 Å². The van der Waals surface area contributed by atoms with E-state index in [1.807, 2.05) is 0 Å². The topological polar surface area (TPSA) is 63.2 Å². The van der Waals surface area contributed by atoms with Crippen molar-refractivity contribution in [2.75, 3.05) is 5.32 Å². The summed E-state index contributed by atoms with van der Waals surface area (Å²) in [6, 6.07) is 6.23. The molecule has 106 valence electrons. The summed E-state index contributed by atoms with van der Waals surface area (Å²) in [4.78, 5) is 11.2. The van der Waals surface area contributed by atoms with Gasteiger partial charge in [-0.15, -0.1) is 0 Å². The first kappa shape index (κ1) is 14.6. The number of carbonyl (C=O) groups excluding carboxylic acids is 1. The van der Waals surface area contributed by atoms with E-state index in [1.54, 1.807) is 16.8 Å². The van der Waals surface area contributed by atoms with E-state index in [0.29, 0.717) is 11.3 Å². The third-order valence-electron chi connectivity index (χ3n) is 2.46. The predicted molar refractivity (Wildman–Crippen MR) is 71.9 cm³/mol. The minimum absolute atomic E-state index is 0.328. The molecular weight excluding hydrogens is 308 g/mol. The second-order valence-corrected chi connectivity index (χ2v) is 6.49. The lowest BCUT2D eigenvalue weighted by Gasteiger charge is -2.06. The number of thiophene rings is 1. The van der Waals surface area contributed by atoms with Gasteiger partial charge in [0.2, 0.25) is 9.84 Å². The van der Waals surface area contributed by atoms with E-state index < -0.39 is 20.5 Å². The van der Waals surface area contributed by atoms with Crippen LogP contribution in [0.2, 0.25) is 0 Å². The van der Waals surface area contributed by atoms with Gasteiger partial charge in [0.1, 0.15) is 0 Å². The summed E-state index contributed by atoms with van der Waals surface area (Å²) in [5, 5.41) is 5.94. The van der Waals surface area contributed by atoms with Crippen molar-refractivity contribution in [2.45, 2.75) is 10.7 Å². The molecule has 0 aliphatic carbocycles. The molecule has 4 nitrogen and oxygen atoms in total. The molecule has 2 rings (SSSR count). The highest BCUT2D eigenvalue weighted by atomic mass is 32.2. The molecule has 0 unspecified atom stereocenters. The fraction of sp³-hybridized carbons (Fsp3) is 0.0833. The van der Waals surface area contributed by atoms with Gasteiger partial charge in [-0.3, -0.25) is 4.79 Å². The Hall–Kier alpha value is -1.80. The summed E-state index contributed by atoms with van der Waals surface area (Å²) in [5.41, 5.74) is 0.800. The summed E-state index contributed by atoms with van der Waals surface area (Å²) in [6.45, 7) is 0. The van der Waals surface area contributed by atoms with Crippen LogP contribution in [0.15, 0.2) is 46.0 Å². The van der Waals surface area contributed by atoms with Gasteiger partial charge in [-0.2, -0.15) is 20.1 Å². The first-order chi connectivity index (χ1) is 9.41. The Morgan fingerprint density at radius 3 is 2.30 bits per heavy atom. The zero-order chi connectivity index (χ0) is 14.8. The van der Waals surface area contributed by atoms with Gasteiger partial charge in [0.25, 0.3) is 5.91 Å². The van der Waals surface area contributed by atoms with E-state index >= 15 is 0 Å². The maximum Gasteiger partial charge on any atom is 0.341 e. The molecule has 1 N–H and O–H groups in total. The molecular formula is C12H9F2NO3S2. The Bertz CT molecular complexity index is 695. The van der Waals surface area contributed by atoms with Crippen molar-refractivity contribution >= 4 is 32.8 Å². The SMILES string of the molecule is O=C(Nc1ccc(S(=O)(=O)C(F)F)cc1)c1ccsc1. The minimum atomic E-state index is -4.61. The van der Waals surface area contributed by atoms with Gasteiger partial charge in [0.05, 0.1) is 10.5 Å². The number of hydrogen-bond acceptors (Lipinski definition) is 4. The first-order valence-corrected chi connectivity index (χ1v) is 7.86. The van der Waals surface area contributed by atoms with E-state index in [4.69, 9.17) is 0 Å². The number of hydrogen-bond donors (Lipinski definition) is 1. The number of benzene rings is 1. The molecule has 0 spiro atoms. The normalized spacial score (nSPS) is 11.6. The Labute approximate surface area is 118 Å². The number of amides is 1. The molecule has 0 saturated heterocycles. The van der Waals surface area contributed by atoms with Gasteiger partial charge in [-0.1, -0.05) is 0 Å². The van der Waals surface area contributed by atoms with Crippen LogP contribution in [-0.2, 0) is 9.84 Å². The standard InChI is InChI=1S/C12H9F2NO3S2/c13-12(14)20(17,18)10-3-1-9(2-4-10)15-11(16)8-5-6-19-7-8/h1-7,12H,(H,15,16). The number of halogens is 2. The molecule has 0 fully saturated rings. The molecule has 20 heavy (non-hydrogen) atoms. The molecule has 0 radical (unpaired) electrons. The van der Waals surface area contributed by atoms with Gasteiger partial charge in [-0.05, 0) is 35.7 Å². The monoisotopic (exact) mass is 317 g/mol. The lowest BCUT2D eigenvalue weighted by atomic mass is 10.3. The lowest BCUT2D eigenvalue weighted by Crippen LogP contribution is -2.13. The fourth-order valence-electron chi connectivity index (χ4n) is 1.43. The number of rotatable bonds is 4. The molecule has 1 aromatic carbocycles. The van der Waals surface area contributed by atoms with Crippen LogP contribution in [0.3, 0.4) is 0 Å². The van der Waals surface area contributed by atoms with E-state index in [1.165, 1.54) is 23.5 Å². The second kappa shape index (κ2) is 5.68. The van der Waals surface area contributed by atoms with Crippen molar-refractivity contribution in [3.63, 3.8) is 0 Å². The number of carbonyl (C=O) groups is 1. The van der Waals surface area contributed by atoms with Crippen LogP contribution in [0.25, 0.3) is 0 Å². The summed E-state index contributed by atoms with van der Waals surface area (Å²) in [6.07, 6.45) is 0. The van der Waals surface area contributed by atoms with E-state index in [9.17, 15) is 22.0 Å². The Kier molecular flexibility index (Phi) is 4.15. The van der Waals surface area contributed by atoms with Crippen LogP contribution in [0.1, 0.15) is 10.4 Å². The van der Waals surface area contributed by atoms with Gasteiger partial charge < -0.3 is 5.32 Å². The van der Waals surface area contributed by atoms with Crippen molar-refractivity contribution in [3.05, 3.63) is 46.7 Å². The van der Waals surface area contributed by atoms with Gasteiger partial charge in [0.15, 0.2) is 0 Å². The summed E-state index contributed by atoms with van der Waals surface area (Å²) in [7, 11) is -4.61. The minimum Gasteiger partial charge on any atom is -0.322 e.